The molecule has 0 bridgehead atoms. The lowest BCUT2D eigenvalue weighted by Crippen LogP contribution is -2.06. The number of alkyl halides is 3. The molecule has 4 rings (SSSR count). The summed E-state index contributed by atoms with van der Waals surface area (Å²) < 4.78 is 45.4. The zero-order valence-electron chi connectivity index (χ0n) is 14.2. The van der Waals surface area contributed by atoms with E-state index < -0.39 is 17.4 Å². The first-order valence-electron chi connectivity index (χ1n) is 8.00. The van der Waals surface area contributed by atoms with Gasteiger partial charge in [-0.05, 0) is 42.3 Å². The van der Waals surface area contributed by atoms with Gasteiger partial charge in [0, 0.05) is 28.4 Å². The van der Waals surface area contributed by atoms with Crippen LogP contribution in [0.5, 0.6) is 0 Å². The van der Waals surface area contributed by atoms with E-state index in [1.54, 1.807) is 19.1 Å². The van der Waals surface area contributed by atoms with Crippen LogP contribution < -0.4 is 5.63 Å². The van der Waals surface area contributed by atoms with Gasteiger partial charge in [0.1, 0.15) is 5.58 Å². The van der Waals surface area contributed by atoms with Gasteiger partial charge in [-0.3, -0.25) is 4.40 Å². The fraction of sp³-hybridized carbons (Fsp3) is 0.167. The van der Waals surface area contributed by atoms with Crippen molar-refractivity contribution in [3.63, 3.8) is 0 Å². The molecule has 0 N–H and O–H groups in total. The van der Waals surface area contributed by atoms with Gasteiger partial charge in [0.05, 0.1) is 5.56 Å². The molecule has 0 spiro atoms. The van der Waals surface area contributed by atoms with Crippen LogP contribution in [0.1, 0.15) is 16.7 Å². The Labute approximate surface area is 165 Å². The average molecular weight is 426 g/mol. The quantitative estimate of drug-likeness (QED) is 0.337. The monoisotopic (exact) mass is 425 g/mol. The molecule has 0 fully saturated rings. The summed E-state index contributed by atoms with van der Waals surface area (Å²) in [5, 5.41) is 9.29. The maximum Gasteiger partial charge on any atom is 0.417 e. The SMILES string of the molecule is Cc1cc2oc(=O)cc(CSc3nnc4ccc(C(F)(F)F)cn34)c2cc1Cl. The summed E-state index contributed by atoms with van der Waals surface area (Å²) >= 11 is 7.34. The van der Waals surface area contributed by atoms with Crippen molar-refractivity contribution in [2.24, 2.45) is 0 Å². The molecule has 10 heteroatoms. The Morgan fingerprint density at radius 2 is 2.00 bits per heavy atom. The van der Waals surface area contributed by atoms with Crippen LogP contribution >= 0.6 is 23.4 Å². The van der Waals surface area contributed by atoms with E-state index in [4.69, 9.17) is 16.0 Å². The van der Waals surface area contributed by atoms with Crippen LogP contribution in [0.3, 0.4) is 0 Å². The Morgan fingerprint density at radius 1 is 1.21 bits per heavy atom. The number of thioether (sulfide) groups is 1. The van der Waals surface area contributed by atoms with E-state index in [0.29, 0.717) is 27.2 Å². The van der Waals surface area contributed by atoms with Crippen LogP contribution in [-0.2, 0) is 11.9 Å². The van der Waals surface area contributed by atoms with E-state index in [-0.39, 0.29) is 10.9 Å². The second-order valence-corrected chi connectivity index (χ2v) is 7.45. The van der Waals surface area contributed by atoms with E-state index in [1.807, 2.05) is 0 Å². The zero-order valence-corrected chi connectivity index (χ0v) is 15.8. The molecule has 4 aromatic rings. The lowest BCUT2D eigenvalue weighted by Gasteiger charge is -2.08. The molecule has 0 saturated heterocycles. The van der Waals surface area contributed by atoms with Crippen LogP contribution in [0.4, 0.5) is 13.2 Å². The summed E-state index contributed by atoms with van der Waals surface area (Å²) in [6.45, 7) is 1.80. The standard InChI is InChI=1S/C18H11ClF3N3O2S/c1-9-4-14-12(6-13(9)19)10(5-16(26)27-14)8-28-17-24-23-15-3-2-11(7-25(15)17)18(20,21)22/h2-7H,8H2,1H3. The molecule has 0 atom stereocenters. The Bertz CT molecular complexity index is 1270. The number of aryl methyl sites for hydroxylation is 1. The largest absolute Gasteiger partial charge is 0.423 e. The van der Waals surface area contributed by atoms with Crippen LogP contribution in [-0.4, -0.2) is 14.6 Å². The number of hydrogen-bond donors (Lipinski definition) is 0. The zero-order chi connectivity index (χ0) is 20.1. The van der Waals surface area contributed by atoms with Gasteiger partial charge in [-0.25, -0.2) is 4.79 Å². The van der Waals surface area contributed by atoms with Gasteiger partial charge in [0.15, 0.2) is 10.8 Å². The minimum absolute atomic E-state index is 0.276. The number of benzene rings is 1. The molecule has 0 radical (unpaired) electrons. The number of halogens is 4. The van der Waals surface area contributed by atoms with Crippen molar-refractivity contribution >= 4 is 40.0 Å². The number of hydrogen-bond acceptors (Lipinski definition) is 5. The van der Waals surface area contributed by atoms with Crippen molar-refractivity contribution in [1.82, 2.24) is 14.6 Å². The Morgan fingerprint density at radius 3 is 2.75 bits per heavy atom. The number of aromatic nitrogens is 3. The van der Waals surface area contributed by atoms with E-state index >= 15 is 0 Å². The molecule has 3 aromatic heterocycles. The van der Waals surface area contributed by atoms with Crippen LogP contribution in [0.2, 0.25) is 5.02 Å². The smallest absolute Gasteiger partial charge is 0.417 e. The highest BCUT2D eigenvalue weighted by molar-refractivity contribution is 7.98. The van der Waals surface area contributed by atoms with Gasteiger partial charge in [-0.1, -0.05) is 23.4 Å². The lowest BCUT2D eigenvalue weighted by molar-refractivity contribution is -0.137. The number of rotatable bonds is 3. The predicted molar refractivity (Wildman–Crippen MR) is 99.8 cm³/mol. The van der Waals surface area contributed by atoms with Crippen molar-refractivity contribution < 1.29 is 17.6 Å². The fourth-order valence-electron chi connectivity index (χ4n) is 2.75. The average Bonchev–Trinajstić information content (AvgIpc) is 3.03. The third kappa shape index (κ3) is 3.47. The number of nitrogens with zero attached hydrogens (tertiary/aromatic N) is 3. The summed E-state index contributed by atoms with van der Waals surface area (Å²) in [4.78, 5) is 11.9. The molecule has 0 aliphatic carbocycles. The summed E-state index contributed by atoms with van der Waals surface area (Å²) in [5.74, 6) is 0.276. The van der Waals surface area contributed by atoms with Crippen molar-refractivity contribution in [3.05, 3.63) is 68.7 Å². The highest BCUT2D eigenvalue weighted by atomic mass is 35.5. The third-order valence-electron chi connectivity index (χ3n) is 4.16. The third-order valence-corrected chi connectivity index (χ3v) is 5.56. The normalized spacial score (nSPS) is 12.2. The molecular weight excluding hydrogens is 415 g/mol. The van der Waals surface area contributed by atoms with Crippen molar-refractivity contribution in [2.45, 2.75) is 24.0 Å². The minimum atomic E-state index is -4.47. The Balaban J connectivity index is 1.72. The van der Waals surface area contributed by atoms with Crippen LogP contribution in [0.25, 0.3) is 16.6 Å². The summed E-state index contributed by atoms with van der Waals surface area (Å²) in [7, 11) is 0. The van der Waals surface area contributed by atoms with Gasteiger partial charge < -0.3 is 4.42 Å². The molecular formula is C18H11ClF3N3O2S. The van der Waals surface area contributed by atoms with Crippen molar-refractivity contribution in [1.29, 1.82) is 0 Å². The molecule has 1 aromatic carbocycles. The van der Waals surface area contributed by atoms with Gasteiger partial charge >= 0.3 is 11.8 Å². The first-order chi connectivity index (χ1) is 13.2. The molecule has 3 heterocycles. The Hall–Kier alpha value is -2.52. The topological polar surface area (TPSA) is 60.4 Å². The minimum Gasteiger partial charge on any atom is -0.423 e. The molecule has 28 heavy (non-hydrogen) atoms. The molecule has 0 unspecified atom stereocenters. The summed E-state index contributed by atoms with van der Waals surface area (Å²) in [5.41, 5.74) is 0.791. The second-order valence-electron chi connectivity index (χ2n) is 6.10. The molecule has 0 aliphatic heterocycles. The predicted octanol–water partition coefficient (Wildman–Crippen LogP) is 5.11. The highest BCUT2D eigenvalue weighted by Gasteiger charge is 2.31. The summed E-state index contributed by atoms with van der Waals surface area (Å²) in [6, 6.07) is 6.93. The maximum absolute atomic E-state index is 13.0. The first kappa shape index (κ1) is 18.8. The summed E-state index contributed by atoms with van der Waals surface area (Å²) in [6.07, 6.45) is -3.51. The van der Waals surface area contributed by atoms with E-state index in [2.05, 4.69) is 10.2 Å². The fourth-order valence-corrected chi connectivity index (χ4v) is 3.82. The maximum atomic E-state index is 13.0. The van der Waals surface area contributed by atoms with E-state index in [9.17, 15) is 18.0 Å². The molecule has 0 aliphatic rings. The molecule has 5 nitrogen and oxygen atoms in total. The molecule has 0 saturated carbocycles. The highest BCUT2D eigenvalue weighted by Crippen LogP contribution is 2.32. The number of pyridine rings is 1. The lowest BCUT2D eigenvalue weighted by atomic mass is 10.1. The molecule has 0 amide bonds. The van der Waals surface area contributed by atoms with Gasteiger partial charge in [0.2, 0.25) is 0 Å². The van der Waals surface area contributed by atoms with Gasteiger partial charge in [0.25, 0.3) is 0 Å². The van der Waals surface area contributed by atoms with Crippen molar-refractivity contribution in [2.75, 3.05) is 0 Å². The van der Waals surface area contributed by atoms with Crippen LogP contribution in [0.15, 0.2) is 50.9 Å². The van der Waals surface area contributed by atoms with Crippen LogP contribution in [0, 0.1) is 6.92 Å². The van der Waals surface area contributed by atoms with Crippen molar-refractivity contribution in [3.8, 4) is 0 Å². The first-order valence-corrected chi connectivity index (χ1v) is 9.36. The Kier molecular flexibility index (Phi) is 4.59. The molecule has 144 valence electrons. The van der Waals surface area contributed by atoms with E-state index in [1.165, 1.54) is 16.5 Å². The van der Waals surface area contributed by atoms with E-state index in [0.717, 1.165) is 29.6 Å². The number of fused-ring (bicyclic) bond motifs is 2. The second kappa shape index (κ2) is 6.82. The van der Waals surface area contributed by atoms with Gasteiger partial charge in [-0.15, -0.1) is 10.2 Å². The van der Waals surface area contributed by atoms with Gasteiger partial charge in [-0.2, -0.15) is 13.2 Å².